The van der Waals surface area contributed by atoms with E-state index in [0.717, 1.165) is 22.0 Å². The van der Waals surface area contributed by atoms with Gasteiger partial charge in [-0.1, -0.05) is 0 Å². The summed E-state index contributed by atoms with van der Waals surface area (Å²) >= 11 is 0. The molecule has 210 valence electrons. The third kappa shape index (κ3) is 6.80. The van der Waals surface area contributed by atoms with Crippen molar-refractivity contribution in [3.63, 3.8) is 0 Å². The minimum Gasteiger partial charge on any atom is -0.497 e. The van der Waals surface area contributed by atoms with Crippen molar-refractivity contribution in [3.8, 4) is 5.75 Å². The Morgan fingerprint density at radius 3 is 2.51 bits per heavy atom. The molecule has 0 aliphatic carbocycles. The molecular formula is C29H34F3N3O4. The predicted molar refractivity (Wildman–Crippen MR) is 142 cm³/mol. The topological polar surface area (TPSA) is 94.9 Å². The fourth-order valence-corrected chi connectivity index (χ4v) is 5.59. The molecule has 1 atom stereocenters. The van der Waals surface area contributed by atoms with Gasteiger partial charge in [-0.2, -0.15) is 0 Å². The molecule has 2 heterocycles. The number of rotatable bonds is 11. The van der Waals surface area contributed by atoms with E-state index >= 15 is 0 Å². The van der Waals surface area contributed by atoms with Crippen LogP contribution in [0, 0.1) is 29.8 Å². The highest BCUT2D eigenvalue weighted by Gasteiger charge is 2.37. The van der Waals surface area contributed by atoms with Gasteiger partial charge in [-0.25, -0.2) is 13.2 Å². The molecule has 0 unspecified atom stereocenters. The third-order valence-corrected chi connectivity index (χ3v) is 7.78. The molecule has 0 saturated carbocycles. The highest BCUT2D eigenvalue weighted by molar-refractivity contribution is 5.84. The molecule has 1 saturated heterocycles. The molecule has 7 nitrogen and oxygen atoms in total. The largest absolute Gasteiger partial charge is 0.497 e. The number of benzene rings is 2. The molecule has 1 aliphatic heterocycles. The van der Waals surface area contributed by atoms with Crippen molar-refractivity contribution in [1.29, 1.82) is 0 Å². The van der Waals surface area contributed by atoms with E-state index in [9.17, 15) is 28.2 Å². The summed E-state index contributed by atoms with van der Waals surface area (Å²) in [6.07, 6.45) is 3.11. The average Bonchev–Trinajstić information content (AvgIpc) is 2.89. The van der Waals surface area contributed by atoms with E-state index in [-0.39, 0.29) is 18.7 Å². The van der Waals surface area contributed by atoms with Crippen LogP contribution in [0.3, 0.4) is 0 Å². The van der Waals surface area contributed by atoms with Crippen LogP contribution in [0.4, 0.5) is 18.9 Å². The number of hydrogen-bond acceptors (Lipinski definition) is 6. The predicted octanol–water partition coefficient (Wildman–Crippen LogP) is 5.45. The Kier molecular flexibility index (Phi) is 8.97. The molecule has 0 radical (unpaired) electrons. The molecule has 2 aromatic carbocycles. The Balaban J connectivity index is 1.39. The monoisotopic (exact) mass is 545 g/mol. The lowest BCUT2D eigenvalue weighted by Gasteiger charge is -2.41. The van der Waals surface area contributed by atoms with Crippen molar-refractivity contribution >= 4 is 22.6 Å². The number of nitrogens with one attached hydrogen (secondary N) is 1. The zero-order valence-corrected chi connectivity index (χ0v) is 22.1. The van der Waals surface area contributed by atoms with Gasteiger partial charge in [0.25, 0.3) is 0 Å². The maximum Gasteiger partial charge on any atom is 0.303 e. The normalized spacial score (nSPS) is 16.3. The van der Waals surface area contributed by atoms with Crippen LogP contribution >= 0.6 is 0 Å². The summed E-state index contributed by atoms with van der Waals surface area (Å²) < 4.78 is 46.2. The van der Waals surface area contributed by atoms with Gasteiger partial charge in [0.1, 0.15) is 17.3 Å². The first-order valence-electron chi connectivity index (χ1n) is 13.0. The Morgan fingerprint density at radius 1 is 1.18 bits per heavy atom. The number of aryl methyl sites for hydroxylation is 1. The molecule has 10 heteroatoms. The van der Waals surface area contributed by atoms with Crippen molar-refractivity contribution in [1.82, 2.24) is 9.88 Å². The summed E-state index contributed by atoms with van der Waals surface area (Å²) in [6.45, 7) is 3.88. The molecule has 1 aliphatic rings. The number of nitrogens with zero attached hydrogens (tertiary/aromatic N) is 2. The number of likely N-dealkylation sites (tertiary alicyclic amines) is 1. The van der Waals surface area contributed by atoms with Gasteiger partial charge < -0.3 is 25.2 Å². The first-order chi connectivity index (χ1) is 18.6. The molecule has 4 rings (SSSR count). The van der Waals surface area contributed by atoms with Crippen LogP contribution in [-0.4, -0.2) is 59.4 Å². The number of aromatic nitrogens is 1. The van der Waals surface area contributed by atoms with Crippen molar-refractivity contribution < 1.29 is 32.9 Å². The van der Waals surface area contributed by atoms with E-state index in [4.69, 9.17) is 4.74 Å². The SMILES string of the molecule is COc1ccc2ncc(C)c([C@H](O)CCC3(CC(=O)O)CCN(CCNc4c(F)cc(F)cc4F)CC3)c2c1. The second kappa shape index (κ2) is 12.2. The first kappa shape index (κ1) is 28.6. The van der Waals surface area contributed by atoms with E-state index in [1.54, 1.807) is 13.3 Å². The van der Waals surface area contributed by atoms with Crippen LogP contribution in [0.1, 0.15) is 49.3 Å². The highest BCUT2D eigenvalue weighted by atomic mass is 19.1. The highest BCUT2D eigenvalue weighted by Crippen LogP contribution is 2.42. The number of carbonyl (C=O) groups is 1. The Bertz CT molecular complexity index is 1310. The van der Waals surface area contributed by atoms with Crippen LogP contribution < -0.4 is 10.1 Å². The maximum atomic E-state index is 13.9. The van der Waals surface area contributed by atoms with Gasteiger partial charge in [0.2, 0.25) is 0 Å². The summed E-state index contributed by atoms with van der Waals surface area (Å²) in [6, 6.07) is 6.79. The van der Waals surface area contributed by atoms with Gasteiger partial charge in [0.15, 0.2) is 11.6 Å². The second-order valence-electron chi connectivity index (χ2n) is 10.4. The number of aliphatic carboxylic acids is 1. The summed E-state index contributed by atoms with van der Waals surface area (Å²) in [5.41, 5.74) is 1.54. The maximum absolute atomic E-state index is 13.9. The molecule has 1 fully saturated rings. The molecule has 3 N–H and O–H groups in total. The lowest BCUT2D eigenvalue weighted by atomic mass is 9.71. The molecule has 39 heavy (non-hydrogen) atoms. The summed E-state index contributed by atoms with van der Waals surface area (Å²) in [5, 5.41) is 24.4. The molecule has 3 aromatic rings. The Labute approximate surface area is 225 Å². The fraction of sp³-hybridized carbons (Fsp3) is 0.448. The number of carboxylic acid groups (broad SMARTS) is 1. The summed E-state index contributed by atoms with van der Waals surface area (Å²) in [4.78, 5) is 18.3. The zero-order valence-electron chi connectivity index (χ0n) is 22.1. The molecular weight excluding hydrogens is 511 g/mol. The van der Waals surface area contributed by atoms with Crippen molar-refractivity contribution in [2.75, 3.05) is 38.6 Å². The fourth-order valence-electron chi connectivity index (χ4n) is 5.59. The molecule has 0 spiro atoms. The number of anilines is 1. The summed E-state index contributed by atoms with van der Waals surface area (Å²) in [7, 11) is 1.58. The molecule has 1 aromatic heterocycles. The first-order valence-corrected chi connectivity index (χ1v) is 13.0. The number of halogens is 3. The van der Waals surface area contributed by atoms with Crippen molar-refractivity contribution in [3.05, 3.63) is 65.1 Å². The average molecular weight is 546 g/mol. The van der Waals surface area contributed by atoms with E-state index < -0.39 is 34.9 Å². The van der Waals surface area contributed by atoms with Crippen LogP contribution in [0.5, 0.6) is 5.75 Å². The van der Waals surface area contributed by atoms with Crippen LogP contribution in [0.2, 0.25) is 0 Å². The number of piperidine rings is 1. The van der Waals surface area contributed by atoms with E-state index in [1.165, 1.54) is 0 Å². The lowest BCUT2D eigenvalue weighted by Crippen LogP contribution is -2.43. The third-order valence-electron chi connectivity index (χ3n) is 7.78. The lowest BCUT2D eigenvalue weighted by molar-refractivity contribution is -0.141. The van der Waals surface area contributed by atoms with Gasteiger partial charge >= 0.3 is 5.97 Å². The van der Waals surface area contributed by atoms with Crippen molar-refractivity contribution in [2.45, 2.75) is 45.1 Å². The van der Waals surface area contributed by atoms with Gasteiger partial charge in [-0.3, -0.25) is 9.78 Å². The number of hydrogen-bond donors (Lipinski definition) is 3. The van der Waals surface area contributed by atoms with E-state index in [1.807, 2.05) is 25.1 Å². The van der Waals surface area contributed by atoms with Crippen LogP contribution in [-0.2, 0) is 4.79 Å². The molecule has 0 bridgehead atoms. The number of methoxy groups -OCH3 is 1. The number of aliphatic hydroxyl groups is 1. The van der Waals surface area contributed by atoms with Gasteiger partial charge in [0.05, 0.1) is 25.2 Å². The van der Waals surface area contributed by atoms with E-state index in [2.05, 4.69) is 15.2 Å². The summed E-state index contributed by atoms with van der Waals surface area (Å²) in [5.74, 6) is -3.16. The minimum absolute atomic E-state index is 0.00170. The van der Waals surface area contributed by atoms with Gasteiger partial charge in [0, 0.05) is 36.8 Å². The van der Waals surface area contributed by atoms with Gasteiger partial charge in [-0.15, -0.1) is 0 Å². The van der Waals surface area contributed by atoms with Gasteiger partial charge in [-0.05, 0) is 80.4 Å². The van der Waals surface area contributed by atoms with Crippen LogP contribution in [0.15, 0.2) is 36.5 Å². The number of aliphatic hydroxyl groups excluding tert-OH is 1. The second-order valence-corrected chi connectivity index (χ2v) is 10.4. The zero-order chi connectivity index (χ0) is 28.2. The Hall–Kier alpha value is -3.37. The number of ether oxygens (including phenoxy) is 1. The standard InChI is InChI=1S/C29H34F3N3O4/c1-18-17-34-24-4-3-20(39-2)15-21(24)27(18)25(36)5-6-29(16-26(37)38)7-10-35(11-8-29)12-9-33-28-22(31)13-19(30)14-23(28)32/h3-4,13-15,17,25,33,36H,5-12,16H2,1-2H3,(H,37,38)/t25-/m1/s1. The number of carboxylic acids is 1. The quantitative estimate of drug-likeness (QED) is 0.295. The smallest absolute Gasteiger partial charge is 0.303 e. The minimum atomic E-state index is -0.985. The Morgan fingerprint density at radius 2 is 1.87 bits per heavy atom. The number of fused-ring (bicyclic) bond motifs is 1. The number of pyridine rings is 1. The van der Waals surface area contributed by atoms with E-state index in [0.29, 0.717) is 63.2 Å². The van der Waals surface area contributed by atoms with Crippen molar-refractivity contribution in [2.24, 2.45) is 5.41 Å². The van der Waals surface area contributed by atoms with Crippen LogP contribution in [0.25, 0.3) is 10.9 Å². The molecule has 0 amide bonds.